The summed E-state index contributed by atoms with van der Waals surface area (Å²) in [7, 11) is 1.71. The first-order chi connectivity index (χ1) is 8.56. The average molecular weight is 265 g/mol. The minimum absolute atomic E-state index is 0.105. The molecule has 94 valence electrons. The first-order valence-electron chi connectivity index (χ1n) is 5.49. The zero-order chi connectivity index (χ0) is 13.1. The molecule has 1 heterocycles. The Morgan fingerprint density at radius 2 is 2.22 bits per heavy atom. The third-order valence-electron chi connectivity index (χ3n) is 2.49. The van der Waals surface area contributed by atoms with Gasteiger partial charge in [0.05, 0.1) is 12.2 Å². The van der Waals surface area contributed by atoms with Crippen LogP contribution in [0.2, 0.25) is 5.02 Å². The number of benzene rings is 1. The van der Waals surface area contributed by atoms with Crippen molar-refractivity contribution in [3.05, 3.63) is 52.4 Å². The first-order valence-corrected chi connectivity index (χ1v) is 5.87. The molecule has 2 rings (SSSR count). The highest BCUT2D eigenvalue weighted by Gasteiger charge is 2.14. The van der Waals surface area contributed by atoms with Crippen LogP contribution in [0.5, 0.6) is 0 Å². The monoisotopic (exact) mass is 264 g/mol. The van der Waals surface area contributed by atoms with Crippen LogP contribution >= 0.6 is 11.6 Å². The van der Waals surface area contributed by atoms with Crippen molar-refractivity contribution in [1.82, 2.24) is 10.1 Å². The van der Waals surface area contributed by atoms with Crippen molar-refractivity contribution in [1.29, 1.82) is 0 Å². The molecule has 4 nitrogen and oxygen atoms in total. The van der Waals surface area contributed by atoms with Crippen molar-refractivity contribution in [3.63, 3.8) is 0 Å². The second-order valence-electron chi connectivity index (χ2n) is 4.11. The summed E-state index contributed by atoms with van der Waals surface area (Å²) in [4.78, 5) is 13.7. The van der Waals surface area contributed by atoms with E-state index >= 15 is 0 Å². The normalized spacial score (nSPS) is 10.4. The molecular formula is C13H13ClN2O2. The van der Waals surface area contributed by atoms with Crippen LogP contribution in [0.25, 0.3) is 0 Å². The van der Waals surface area contributed by atoms with Gasteiger partial charge < -0.3 is 9.42 Å². The van der Waals surface area contributed by atoms with E-state index < -0.39 is 0 Å². The Hall–Kier alpha value is -1.81. The molecule has 0 N–H and O–H groups in total. The maximum atomic E-state index is 12.1. The summed E-state index contributed by atoms with van der Waals surface area (Å²) in [6.45, 7) is 2.22. The van der Waals surface area contributed by atoms with Crippen molar-refractivity contribution >= 4 is 17.5 Å². The number of carbonyl (C=O) groups excluding carboxylic acids is 1. The summed E-state index contributed by atoms with van der Waals surface area (Å²) in [6, 6.07) is 8.67. The Balaban J connectivity index is 2.09. The third kappa shape index (κ3) is 2.90. The van der Waals surface area contributed by atoms with Crippen LogP contribution in [0.4, 0.5) is 0 Å². The van der Waals surface area contributed by atoms with Gasteiger partial charge in [-0.15, -0.1) is 0 Å². The van der Waals surface area contributed by atoms with E-state index in [2.05, 4.69) is 5.16 Å². The zero-order valence-electron chi connectivity index (χ0n) is 10.2. The van der Waals surface area contributed by atoms with Gasteiger partial charge in [-0.25, -0.2) is 0 Å². The molecule has 1 aromatic carbocycles. The van der Waals surface area contributed by atoms with Gasteiger partial charge >= 0.3 is 0 Å². The molecule has 0 saturated carbocycles. The summed E-state index contributed by atoms with van der Waals surface area (Å²) < 4.78 is 5.07. The second kappa shape index (κ2) is 5.23. The van der Waals surface area contributed by atoms with Gasteiger partial charge in [-0.3, -0.25) is 4.79 Å². The Kier molecular flexibility index (Phi) is 3.67. The van der Waals surface area contributed by atoms with Gasteiger partial charge in [0.15, 0.2) is 5.76 Å². The molecule has 0 unspecified atom stereocenters. The van der Waals surface area contributed by atoms with Crippen LogP contribution < -0.4 is 0 Å². The molecule has 0 saturated heterocycles. The van der Waals surface area contributed by atoms with Crippen LogP contribution in [-0.2, 0) is 6.54 Å². The minimum Gasteiger partial charge on any atom is -0.359 e. The molecule has 0 bridgehead atoms. The number of hydrogen-bond donors (Lipinski definition) is 0. The van der Waals surface area contributed by atoms with E-state index in [9.17, 15) is 4.79 Å². The number of amides is 1. The van der Waals surface area contributed by atoms with E-state index in [0.29, 0.717) is 22.9 Å². The SMILES string of the molecule is Cc1cc(CN(C)C(=O)c2cccc(Cl)c2)on1. The Bertz CT molecular complexity index is 566. The predicted molar refractivity (Wildman–Crippen MR) is 68.5 cm³/mol. The number of carbonyl (C=O) groups is 1. The lowest BCUT2D eigenvalue weighted by Gasteiger charge is -2.15. The van der Waals surface area contributed by atoms with E-state index in [1.165, 1.54) is 0 Å². The number of aryl methyl sites for hydroxylation is 1. The minimum atomic E-state index is -0.105. The van der Waals surface area contributed by atoms with Crippen LogP contribution in [0.15, 0.2) is 34.9 Å². The summed E-state index contributed by atoms with van der Waals surface area (Å²) in [5, 5.41) is 4.33. The molecule has 0 fully saturated rings. The fourth-order valence-corrected chi connectivity index (χ4v) is 1.83. The standard InChI is InChI=1S/C13H13ClN2O2/c1-9-6-12(18-15-9)8-16(2)13(17)10-4-3-5-11(14)7-10/h3-7H,8H2,1-2H3. The van der Waals surface area contributed by atoms with Crippen LogP contribution in [0, 0.1) is 6.92 Å². The Morgan fingerprint density at radius 3 is 2.83 bits per heavy atom. The maximum absolute atomic E-state index is 12.1. The van der Waals surface area contributed by atoms with E-state index in [-0.39, 0.29) is 5.91 Å². The molecular weight excluding hydrogens is 252 g/mol. The highest BCUT2D eigenvalue weighted by atomic mass is 35.5. The lowest BCUT2D eigenvalue weighted by atomic mass is 10.2. The van der Waals surface area contributed by atoms with Gasteiger partial charge in [0.2, 0.25) is 0 Å². The molecule has 0 radical (unpaired) electrons. The predicted octanol–water partition coefficient (Wildman–Crippen LogP) is 2.91. The highest BCUT2D eigenvalue weighted by molar-refractivity contribution is 6.30. The van der Waals surface area contributed by atoms with Gasteiger partial charge in [0.25, 0.3) is 5.91 Å². The maximum Gasteiger partial charge on any atom is 0.254 e. The van der Waals surface area contributed by atoms with Gasteiger partial charge in [0, 0.05) is 23.7 Å². The summed E-state index contributed by atoms with van der Waals surface area (Å²) in [6.07, 6.45) is 0. The number of halogens is 1. The van der Waals surface area contributed by atoms with Crippen molar-refractivity contribution in [2.75, 3.05) is 7.05 Å². The Morgan fingerprint density at radius 1 is 1.44 bits per heavy atom. The lowest BCUT2D eigenvalue weighted by molar-refractivity contribution is 0.0772. The third-order valence-corrected chi connectivity index (χ3v) is 2.72. The molecule has 0 aliphatic carbocycles. The van der Waals surface area contributed by atoms with Gasteiger partial charge in [-0.05, 0) is 25.1 Å². The average Bonchev–Trinajstić information content (AvgIpc) is 2.73. The highest BCUT2D eigenvalue weighted by Crippen LogP contribution is 2.14. The number of rotatable bonds is 3. The van der Waals surface area contributed by atoms with Crippen LogP contribution in [-0.4, -0.2) is 23.0 Å². The molecule has 0 aliphatic heterocycles. The molecule has 0 aliphatic rings. The molecule has 18 heavy (non-hydrogen) atoms. The van der Waals surface area contributed by atoms with Gasteiger partial charge in [-0.2, -0.15) is 0 Å². The number of hydrogen-bond acceptors (Lipinski definition) is 3. The largest absolute Gasteiger partial charge is 0.359 e. The smallest absolute Gasteiger partial charge is 0.254 e. The molecule has 1 aromatic heterocycles. The van der Waals surface area contributed by atoms with Crippen LogP contribution in [0.3, 0.4) is 0 Å². The first kappa shape index (κ1) is 12.6. The molecule has 2 aromatic rings. The van der Waals surface area contributed by atoms with E-state index in [1.807, 2.05) is 13.0 Å². The quantitative estimate of drug-likeness (QED) is 0.856. The zero-order valence-corrected chi connectivity index (χ0v) is 10.9. The fraction of sp³-hybridized carbons (Fsp3) is 0.231. The number of nitrogens with zero attached hydrogens (tertiary/aromatic N) is 2. The van der Waals surface area contributed by atoms with E-state index in [4.69, 9.17) is 16.1 Å². The van der Waals surface area contributed by atoms with Crippen LogP contribution in [0.1, 0.15) is 21.8 Å². The van der Waals surface area contributed by atoms with Gasteiger partial charge in [0.1, 0.15) is 0 Å². The summed E-state index contributed by atoms with van der Waals surface area (Å²) in [5.74, 6) is 0.553. The van der Waals surface area contributed by atoms with Gasteiger partial charge in [-0.1, -0.05) is 22.8 Å². The molecule has 1 amide bonds. The Labute approximate surface area is 110 Å². The van der Waals surface area contributed by atoms with E-state index in [0.717, 1.165) is 5.69 Å². The molecule has 0 spiro atoms. The van der Waals surface area contributed by atoms with Crippen molar-refractivity contribution in [2.45, 2.75) is 13.5 Å². The summed E-state index contributed by atoms with van der Waals surface area (Å²) >= 11 is 5.86. The topological polar surface area (TPSA) is 46.3 Å². The number of aromatic nitrogens is 1. The van der Waals surface area contributed by atoms with Crippen molar-refractivity contribution in [2.24, 2.45) is 0 Å². The lowest BCUT2D eigenvalue weighted by Crippen LogP contribution is -2.25. The van der Waals surface area contributed by atoms with Crippen molar-refractivity contribution < 1.29 is 9.32 Å². The summed E-state index contributed by atoms with van der Waals surface area (Å²) in [5.41, 5.74) is 1.36. The fourth-order valence-electron chi connectivity index (χ4n) is 1.64. The molecule has 0 atom stereocenters. The molecule has 5 heteroatoms. The van der Waals surface area contributed by atoms with Crippen molar-refractivity contribution in [3.8, 4) is 0 Å². The second-order valence-corrected chi connectivity index (χ2v) is 4.54. The van der Waals surface area contributed by atoms with E-state index in [1.54, 1.807) is 36.2 Å².